The van der Waals surface area contributed by atoms with Crippen molar-refractivity contribution in [1.29, 1.82) is 0 Å². The number of benzene rings is 1. The largest absolute Gasteiger partial charge is 0.382 e. The molecule has 0 aromatic heterocycles. The molecule has 0 aliphatic carbocycles. The normalized spacial score (nSPS) is 12.5. The predicted octanol–water partition coefficient (Wildman–Crippen LogP) is 4.38. The molecule has 7 heteroatoms. The lowest BCUT2D eigenvalue weighted by molar-refractivity contribution is 0.560. The molecule has 108 valence electrons. The van der Waals surface area contributed by atoms with Crippen LogP contribution in [0.2, 0.25) is 10.0 Å². The standard InChI is InChI=1S/C12H16BrCl2NO2S/c1-12(2,3)19(17,18)5-4-16-11-9(14)6-8(13)7-10(11)15/h6-7,16H,4-5H2,1-3H3. The highest BCUT2D eigenvalue weighted by Crippen LogP contribution is 2.33. The first-order valence-corrected chi connectivity index (χ1v) is 8.85. The number of sulfone groups is 1. The van der Waals surface area contributed by atoms with Gasteiger partial charge in [0, 0.05) is 11.0 Å². The monoisotopic (exact) mass is 387 g/mol. The third-order valence-electron chi connectivity index (χ3n) is 2.61. The molecule has 0 saturated carbocycles. The van der Waals surface area contributed by atoms with Gasteiger partial charge in [-0.3, -0.25) is 0 Å². The van der Waals surface area contributed by atoms with Crippen LogP contribution >= 0.6 is 39.1 Å². The average molecular weight is 389 g/mol. The molecule has 0 saturated heterocycles. The van der Waals surface area contributed by atoms with Crippen molar-refractivity contribution >= 4 is 54.7 Å². The molecular formula is C12H16BrCl2NO2S. The summed E-state index contributed by atoms with van der Waals surface area (Å²) in [5.74, 6) is 0.0270. The zero-order valence-electron chi connectivity index (χ0n) is 10.9. The Balaban J connectivity index is 2.75. The predicted molar refractivity (Wildman–Crippen MR) is 86.2 cm³/mol. The van der Waals surface area contributed by atoms with Gasteiger partial charge in [0.15, 0.2) is 9.84 Å². The maximum absolute atomic E-state index is 12.0. The molecule has 1 N–H and O–H groups in total. The molecule has 1 rings (SSSR count). The Hall–Kier alpha value is 0.0300. The number of hydrogen-bond donors (Lipinski definition) is 1. The van der Waals surface area contributed by atoms with E-state index >= 15 is 0 Å². The molecule has 1 aromatic carbocycles. The summed E-state index contributed by atoms with van der Waals surface area (Å²) in [6, 6.07) is 3.40. The van der Waals surface area contributed by atoms with Crippen molar-refractivity contribution in [1.82, 2.24) is 0 Å². The lowest BCUT2D eigenvalue weighted by Gasteiger charge is -2.19. The van der Waals surface area contributed by atoms with Gasteiger partial charge in [0.25, 0.3) is 0 Å². The summed E-state index contributed by atoms with van der Waals surface area (Å²) in [7, 11) is -3.16. The van der Waals surface area contributed by atoms with Crippen molar-refractivity contribution < 1.29 is 8.42 Å². The topological polar surface area (TPSA) is 46.2 Å². The van der Waals surface area contributed by atoms with Gasteiger partial charge in [0.2, 0.25) is 0 Å². The Morgan fingerprint density at radius 2 is 1.68 bits per heavy atom. The molecule has 0 radical (unpaired) electrons. The van der Waals surface area contributed by atoms with E-state index in [4.69, 9.17) is 23.2 Å². The quantitative estimate of drug-likeness (QED) is 0.832. The van der Waals surface area contributed by atoms with E-state index < -0.39 is 14.6 Å². The van der Waals surface area contributed by atoms with Crippen LogP contribution in [-0.4, -0.2) is 25.5 Å². The number of hydrogen-bond acceptors (Lipinski definition) is 3. The van der Waals surface area contributed by atoms with E-state index in [0.717, 1.165) is 4.47 Å². The number of rotatable bonds is 4. The summed E-state index contributed by atoms with van der Waals surface area (Å²) < 4.78 is 23.9. The fraction of sp³-hybridized carbons (Fsp3) is 0.500. The van der Waals surface area contributed by atoms with Gasteiger partial charge in [-0.05, 0) is 32.9 Å². The molecule has 0 fully saturated rings. The SMILES string of the molecule is CC(C)(C)S(=O)(=O)CCNc1c(Cl)cc(Br)cc1Cl. The van der Waals surface area contributed by atoms with E-state index in [-0.39, 0.29) is 12.3 Å². The van der Waals surface area contributed by atoms with Gasteiger partial charge in [0.05, 0.1) is 26.2 Å². The molecule has 0 atom stereocenters. The molecule has 3 nitrogen and oxygen atoms in total. The van der Waals surface area contributed by atoms with E-state index in [1.54, 1.807) is 32.9 Å². The van der Waals surface area contributed by atoms with Crippen LogP contribution in [-0.2, 0) is 9.84 Å². The fourth-order valence-electron chi connectivity index (χ4n) is 1.33. The first-order chi connectivity index (χ1) is 8.54. The van der Waals surface area contributed by atoms with Crippen LogP contribution in [0.25, 0.3) is 0 Å². The second-order valence-corrected chi connectivity index (χ2v) is 9.70. The maximum Gasteiger partial charge on any atom is 0.156 e. The van der Waals surface area contributed by atoms with Gasteiger partial charge in [-0.25, -0.2) is 8.42 Å². The highest BCUT2D eigenvalue weighted by Gasteiger charge is 2.28. The number of halogens is 3. The molecule has 0 bridgehead atoms. The number of nitrogens with one attached hydrogen (secondary N) is 1. The molecule has 1 aromatic rings. The van der Waals surface area contributed by atoms with Crippen LogP contribution in [0.4, 0.5) is 5.69 Å². The van der Waals surface area contributed by atoms with E-state index in [1.807, 2.05) is 0 Å². The van der Waals surface area contributed by atoms with Gasteiger partial charge < -0.3 is 5.32 Å². The van der Waals surface area contributed by atoms with Crippen LogP contribution in [0.5, 0.6) is 0 Å². The van der Waals surface area contributed by atoms with Crippen molar-refractivity contribution in [2.45, 2.75) is 25.5 Å². The van der Waals surface area contributed by atoms with E-state index in [2.05, 4.69) is 21.2 Å². The Labute approximate surface area is 132 Å². The van der Waals surface area contributed by atoms with Crippen LogP contribution in [0.15, 0.2) is 16.6 Å². The molecule has 0 unspecified atom stereocenters. The third-order valence-corrected chi connectivity index (χ3v) is 6.27. The summed E-state index contributed by atoms with van der Waals surface area (Å²) in [6.07, 6.45) is 0. The Morgan fingerprint density at radius 3 is 2.11 bits per heavy atom. The second kappa shape index (κ2) is 6.20. The van der Waals surface area contributed by atoms with Crippen LogP contribution in [0.1, 0.15) is 20.8 Å². The zero-order chi connectivity index (χ0) is 14.8. The van der Waals surface area contributed by atoms with Gasteiger partial charge >= 0.3 is 0 Å². The minimum Gasteiger partial charge on any atom is -0.382 e. The Kier molecular flexibility index (Phi) is 5.58. The Morgan fingerprint density at radius 1 is 1.21 bits per heavy atom. The summed E-state index contributed by atoms with van der Waals surface area (Å²) in [5.41, 5.74) is 0.552. The molecule has 0 spiro atoms. The van der Waals surface area contributed by atoms with Crippen molar-refractivity contribution in [3.63, 3.8) is 0 Å². The van der Waals surface area contributed by atoms with E-state index in [1.165, 1.54) is 0 Å². The summed E-state index contributed by atoms with van der Waals surface area (Å²) in [5, 5.41) is 3.88. The highest BCUT2D eigenvalue weighted by molar-refractivity contribution is 9.10. The molecule has 19 heavy (non-hydrogen) atoms. The van der Waals surface area contributed by atoms with Gasteiger partial charge in [-0.2, -0.15) is 0 Å². The molecule has 0 aliphatic heterocycles. The summed E-state index contributed by atoms with van der Waals surface area (Å²) in [4.78, 5) is 0. The lowest BCUT2D eigenvalue weighted by Crippen LogP contribution is -2.32. The van der Waals surface area contributed by atoms with Gasteiger partial charge in [-0.1, -0.05) is 39.1 Å². The first-order valence-electron chi connectivity index (χ1n) is 5.65. The minimum atomic E-state index is -3.16. The van der Waals surface area contributed by atoms with E-state index in [9.17, 15) is 8.42 Å². The van der Waals surface area contributed by atoms with Crippen LogP contribution in [0.3, 0.4) is 0 Å². The van der Waals surface area contributed by atoms with Gasteiger partial charge in [0.1, 0.15) is 0 Å². The summed E-state index contributed by atoms with van der Waals surface area (Å²) in [6.45, 7) is 5.31. The number of anilines is 1. The zero-order valence-corrected chi connectivity index (χ0v) is 14.8. The van der Waals surface area contributed by atoms with Gasteiger partial charge in [-0.15, -0.1) is 0 Å². The average Bonchev–Trinajstić information content (AvgIpc) is 2.20. The summed E-state index contributed by atoms with van der Waals surface area (Å²) >= 11 is 15.4. The maximum atomic E-state index is 12.0. The Bertz CT molecular complexity index is 545. The van der Waals surface area contributed by atoms with Crippen LogP contribution < -0.4 is 5.32 Å². The van der Waals surface area contributed by atoms with E-state index in [0.29, 0.717) is 15.7 Å². The lowest BCUT2D eigenvalue weighted by atomic mass is 10.3. The molecular weight excluding hydrogens is 373 g/mol. The third kappa shape index (κ3) is 4.52. The van der Waals surface area contributed by atoms with Crippen molar-refractivity contribution in [3.05, 3.63) is 26.7 Å². The molecule has 0 aliphatic rings. The van der Waals surface area contributed by atoms with Crippen LogP contribution in [0, 0.1) is 0 Å². The first kappa shape index (κ1) is 17.1. The minimum absolute atomic E-state index is 0.0270. The molecule has 0 amide bonds. The van der Waals surface area contributed by atoms with Crippen molar-refractivity contribution in [2.75, 3.05) is 17.6 Å². The van der Waals surface area contributed by atoms with Crippen molar-refractivity contribution in [2.24, 2.45) is 0 Å². The smallest absolute Gasteiger partial charge is 0.156 e. The second-order valence-electron chi connectivity index (χ2n) is 5.10. The molecule has 0 heterocycles. The van der Waals surface area contributed by atoms with Crippen molar-refractivity contribution in [3.8, 4) is 0 Å². The highest BCUT2D eigenvalue weighted by atomic mass is 79.9. The fourth-order valence-corrected chi connectivity index (χ4v) is 3.65.